The minimum absolute atomic E-state index is 0.0715. The van der Waals surface area contributed by atoms with E-state index in [9.17, 15) is 4.79 Å². The van der Waals surface area contributed by atoms with Gasteiger partial charge in [-0.05, 0) is 48.0 Å². The Balaban J connectivity index is 1.85. The molecule has 3 heterocycles. The van der Waals surface area contributed by atoms with E-state index in [1.807, 2.05) is 16.3 Å². The highest BCUT2D eigenvalue weighted by atomic mass is 35.5. The van der Waals surface area contributed by atoms with E-state index < -0.39 is 0 Å². The van der Waals surface area contributed by atoms with Gasteiger partial charge in [0.25, 0.3) is 5.91 Å². The standard InChI is InChI=1S/C13H12ClNO2S/c14-12-6-5-10(17-12)13(16)15-7-1-3-9(15)11-4-2-8-18-11/h2,4-6,8-9H,1,3,7H2/t9-/m0/s1. The van der Waals surface area contributed by atoms with Gasteiger partial charge in [-0.2, -0.15) is 0 Å². The van der Waals surface area contributed by atoms with Crippen LogP contribution in [0.1, 0.15) is 34.3 Å². The lowest BCUT2D eigenvalue weighted by Gasteiger charge is -2.22. The highest BCUT2D eigenvalue weighted by Crippen LogP contribution is 2.35. The molecule has 0 bridgehead atoms. The van der Waals surface area contributed by atoms with Crippen LogP contribution in [0.4, 0.5) is 0 Å². The highest BCUT2D eigenvalue weighted by Gasteiger charge is 2.32. The van der Waals surface area contributed by atoms with Crippen molar-refractivity contribution in [3.63, 3.8) is 0 Å². The summed E-state index contributed by atoms with van der Waals surface area (Å²) in [7, 11) is 0. The van der Waals surface area contributed by atoms with Crippen LogP contribution >= 0.6 is 22.9 Å². The molecule has 1 aliphatic rings. The molecule has 94 valence electrons. The molecule has 1 amide bonds. The molecule has 1 aliphatic heterocycles. The minimum Gasteiger partial charge on any atom is -0.440 e. The largest absolute Gasteiger partial charge is 0.440 e. The SMILES string of the molecule is O=C(c1ccc(Cl)o1)N1CCC[C@H]1c1cccs1. The van der Waals surface area contributed by atoms with Gasteiger partial charge < -0.3 is 9.32 Å². The molecular weight excluding hydrogens is 270 g/mol. The van der Waals surface area contributed by atoms with Gasteiger partial charge in [0.2, 0.25) is 0 Å². The zero-order valence-electron chi connectivity index (χ0n) is 9.64. The molecule has 1 fully saturated rings. The van der Waals surface area contributed by atoms with E-state index in [-0.39, 0.29) is 17.2 Å². The fourth-order valence-electron chi connectivity index (χ4n) is 2.36. The zero-order valence-corrected chi connectivity index (χ0v) is 11.2. The average molecular weight is 282 g/mol. The summed E-state index contributed by atoms with van der Waals surface area (Å²) >= 11 is 7.40. The molecule has 18 heavy (non-hydrogen) atoms. The smallest absolute Gasteiger partial charge is 0.290 e. The van der Waals surface area contributed by atoms with Crippen LogP contribution in [0, 0.1) is 0 Å². The summed E-state index contributed by atoms with van der Waals surface area (Å²) in [5, 5.41) is 2.30. The van der Waals surface area contributed by atoms with Gasteiger partial charge in [0.15, 0.2) is 11.0 Å². The van der Waals surface area contributed by atoms with Crippen LogP contribution in [0.5, 0.6) is 0 Å². The number of rotatable bonds is 2. The van der Waals surface area contributed by atoms with Crippen molar-refractivity contribution < 1.29 is 9.21 Å². The predicted molar refractivity (Wildman–Crippen MR) is 71.0 cm³/mol. The molecule has 1 saturated heterocycles. The van der Waals surface area contributed by atoms with Crippen molar-refractivity contribution in [2.24, 2.45) is 0 Å². The molecular formula is C13H12ClNO2S. The highest BCUT2D eigenvalue weighted by molar-refractivity contribution is 7.10. The number of thiophene rings is 1. The lowest BCUT2D eigenvalue weighted by atomic mass is 10.2. The van der Waals surface area contributed by atoms with E-state index in [1.54, 1.807) is 23.5 Å². The molecule has 0 aliphatic carbocycles. The van der Waals surface area contributed by atoms with Gasteiger partial charge in [-0.1, -0.05) is 6.07 Å². The molecule has 0 saturated carbocycles. The minimum atomic E-state index is -0.0715. The van der Waals surface area contributed by atoms with Gasteiger partial charge in [0, 0.05) is 11.4 Å². The second-order valence-corrected chi connectivity index (χ2v) is 5.63. The van der Waals surface area contributed by atoms with Crippen LogP contribution in [0.15, 0.2) is 34.1 Å². The summed E-state index contributed by atoms with van der Waals surface area (Å²) in [5.41, 5.74) is 0. The van der Waals surface area contributed by atoms with E-state index in [4.69, 9.17) is 16.0 Å². The van der Waals surface area contributed by atoms with Crippen molar-refractivity contribution in [2.75, 3.05) is 6.54 Å². The maximum Gasteiger partial charge on any atom is 0.290 e. The number of hydrogen-bond acceptors (Lipinski definition) is 3. The maximum atomic E-state index is 12.3. The summed E-state index contributed by atoms with van der Waals surface area (Å²) in [4.78, 5) is 15.5. The molecule has 0 unspecified atom stereocenters. The average Bonchev–Trinajstić information content (AvgIpc) is 3.08. The van der Waals surface area contributed by atoms with Gasteiger partial charge in [-0.25, -0.2) is 0 Å². The first kappa shape index (κ1) is 11.8. The van der Waals surface area contributed by atoms with Crippen LogP contribution in [-0.2, 0) is 0 Å². The Morgan fingerprint density at radius 2 is 2.33 bits per heavy atom. The van der Waals surface area contributed by atoms with Crippen LogP contribution in [0.25, 0.3) is 0 Å². The third-order valence-electron chi connectivity index (χ3n) is 3.17. The van der Waals surface area contributed by atoms with Crippen molar-refractivity contribution >= 4 is 28.8 Å². The number of carbonyl (C=O) groups is 1. The topological polar surface area (TPSA) is 33.5 Å². The Hall–Kier alpha value is -1.26. The number of amides is 1. The molecule has 1 atom stereocenters. The summed E-state index contributed by atoms with van der Waals surface area (Å²) in [6.45, 7) is 0.777. The van der Waals surface area contributed by atoms with E-state index in [1.165, 1.54) is 4.88 Å². The summed E-state index contributed by atoms with van der Waals surface area (Å²) < 4.78 is 5.20. The van der Waals surface area contributed by atoms with Crippen LogP contribution in [-0.4, -0.2) is 17.4 Å². The Kier molecular flexibility index (Phi) is 3.14. The fourth-order valence-corrected chi connectivity index (χ4v) is 3.38. The second-order valence-electron chi connectivity index (χ2n) is 4.28. The van der Waals surface area contributed by atoms with Crippen molar-refractivity contribution in [3.8, 4) is 0 Å². The summed E-state index contributed by atoms with van der Waals surface area (Å²) in [5.74, 6) is 0.251. The predicted octanol–water partition coefficient (Wildman–Crippen LogP) is 3.97. The first-order valence-electron chi connectivity index (χ1n) is 5.85. The second kappa shape index (κ2) is 4.78. The van der Waals surface area contributed by atoms with Gasteiger partial charge in [-0.3, -0.25) is 4.79 Å². The van der Waals surface area contributed by atoms with Crippen molar-refractivity contribution in [2.45, 2.75) is 18.9 Å². The zero-order chi connectivity index (χ0) is 12.5. The number of halogens is 1. The summed E-state index contributed by atoms with van der Waals surface area (Å²) in [6.07, 6.45) is 2.05. The number of carbonyl (C=O) groups excluding carboxylic acids is 1. The number of hydrogen-bond donors (Lipinski definition) is 0. The molecule has 5 heteroatoms. The third-order valence-corrected chi connectivity index (χ3v) is 4.35. The lowest BCUT2D eigenvalue weighted by molar-refractivity contribution is 0.0705. The Morgan fingerprint density at radius 1 is 1.44 bits per heavy atom. The Labute approximate surface area is 114 Å². The van der Waals surface area contributed by atoms with Crippen molar-refractivity contribution in [1.82, 2.24) is 4.90 Å². The molecule has 0 aromatic carbocycles. The lowest BCUT2D eigenvalue weighted by Crippen LogP contribution is -2.29. The Bertz CT molecular complexity index is 549. The maximum absolute atomic E-state index is 12.3. The van der Waals surface area contributed by atoms with E-state index in [2.05, 4.69) is 6.07 Å². The fraction of sp³-hybridized carbons (Fsp3) is 0.308. The molecule has 2 aromatic heterocycles. The Morgan fingerprint density at radius 3 is 3.00 bits per heavy atom. The van der Waals surface area contributed by atoms with Gasteiger partial charge in [0.1, 0.15) is 0 Å². The number of likely N-dealkylation sites (tertiary alicyclic amines) is 1. The first-order chi connectivity index (χ1) is 8.75. The van der Waals surface area contributed by atoms with Crippen LogP contribution < -0.4 is 0 Å². The van der Waals surface area contributed by atoms with E-state index in [0.717, 1.165) is 19.4 Å². The third kappa shape index (κ3) is 2.06. The number of furan rings is 1. The monoisotopic (exact) mass is 281 g/mol. The molecule has 3 rings (SSSR count). The van der Waals surface area contributed by atoms with Gasteiger partial charge in [-0.15, -0.1) is 11.3 Å². The van der Waals surface area contributed by atoms with Crippen LogP contribution in [0.3, 0.4) is 0 Å². The first-order valence-corrected chi connectivity index (χ1v) is 7.11. The van der Waals surface area contributed by atoms with Crippen molar-refractivity contribution in [1.29, 1.82) is 0 Å². The van der Waals surface area contributed by atoms with Gasteiger partial charge >= 0.3 is 0 Å². The van der Waals surface area contributed by atoms with Crippen molar-refractivity contribution in [3.05, 3.63) is 45.5 Å². The van der Waals surface area contributed by atoms with Gasteiger partial charge in [0.05, 0.1) is 6.04 Å². The van der Waals surface area contributed by atoms with Crippen LogP contribution in [0.2, 0.25) is 5.22 Å². The molecule has 3 nitrogen and oxygen atoms in total. The summed E-state index contributed by atoms with van der Waals surface area (Å²) in [6, 6.07) is 7.52. The molecule has 2 aromatic rings. The number of nitrogens with zero attached hydrogens (tertiary/aromatic N) is 1. The van der Waals surface area contributed by atoms with E-state index in [0.29, 0.717) is 5.76 Å². The molecule has 0 spiro atoms. The normalized spacial score (nSPS) is 19.4. The molecule has 0 radical (unpaired) electrons. The van der Waals surface area contributed by atoms with E-state index >= 15 is 0 Å². The quantitative estimate of drug-likeness (QED) is 0.834. The molecule has 0 N–H and O–H groups in total.